The molecule has 2 aromatic rings. The van der Waals surface area contributed by atoms with E-state index in [1.165, 1.54) is 11.1 Å². The molecule has 0 bridgehead atoms. The molecule has 27 heavy (non-hydrogen) atoms. The predicted octanol–water partition coefficient (Wildman–Crippen LogP) is 3.64. The van der Waals surface area contributed by atoms with Gasteiger partial charge in [-0.15, -0.1) is 11.8 Å². The Balaban J connectivity index is 1.46. The molecule has 0 radical (unpaired) electrons. The molecule has 0 aromatic heterocycles. The number of carbonyl (C=O) groups excluding carboxylic acids is 1. The quantitative estimate of drug-likeness (QED) is 0.769. The van der Waals surface area contributed by atoms with Gasteiger partial charge in [-0.05, 0) is 23.6 Å². The van der Waals surface area contributed by atoms with E-state index < -0.39 is 0 Å². The van der Waals surface area contributed by atoms with Crippen LogP contribution in [-0.4, -0.2) is 47.6 Å². The average Bonchev–Trinajstić information content (AvgIpc) is 2.71. The van der Waals surface area contributed by atoms with Crippen molar-refractivity contribution >= 4 is 17.7 Å². The normalized spacial score (nSPS) is 15.9. The zero-order valence-electron chi connectivity index (χ0n) is 15.7. The van der Waals surface area contributed by atoms with Gasteiger partial charge in [-0.25, -0.2) is 0 Å². The van der Waals surface area contributed by atoms with Gasteiger partial charge in [0.15, 0.2) is 0 Å². The molecular formula is C22H25N3OS. The summed E-state index contributed by atoms with van der Waals surface area (Å²) in [7, 11) is 0. The van der Waals surface area contributed by atoms with Gasteiger partial charge in [0.25, 0.3) is 0 Å². The van der Waals surface area contributed by atoms with Gasteiger partial charge < -0.3 is 4.90 Å². The highest BCUT2D eigenvalue weighted by atomic mass is 32.2. The minimum Gasteiger partial charge on any atom is -0.339 e. The van der Waals surface area contributed by atoms with Crippen LogP contribution in [0.1, 0.15) is 22.7 Å². The molecule has 1 aliphatic rings. The summed E-state index contributed by atoms with van der Waals surface area (Å²) in [5, 5.41) is 9.58. The molecule has 0 saturated carbocycles. The summed E-state index contributed by atoms with van der Waals surface area (Å²) >= 11 is 1.67. The van der Waals surface area contributed by atoms with E-state index in [0.29, 0.717) is 18.8 Å². The molecule has 1 heterocycles. The Hall–Kier alpha value is -2.29. The molecule has 140 valence electrons. The monoisotopic (exact) mass is 379 g/mol. The molecule has 0 N–H and O–H groups in total. The lowest BCUT2D eigenvalue weighted by Crippen LogP contribution is -2.50. The molecule has 1 fully saturated rings. The maximum absolute atomic E-state index is 12.5. The number of piperazine rings is 1. The number of benzene rings is 2. The Morgan fingerprint density at radius 3 is 2.41 bits per heavy atom. The first kappa shape index (κ1) is 19.5. The maximum Gasteiger partial charge on any atom is 0.232 e. The summed E-state index contributed by atoms with van der Waals surface area (Å²) in [5.41, 5.74) is 3.59. The van der Waals surface area contributed by atoms with Crippen LogP contribution in [-0.2, 0) is 10.5 Å². The van der Waals surface area contributed by atoms with Crippen molar-refractivity contribution in [2.75, 3.05) is 31.9 Å². The molecule has 2 aromatic carbocycles. The Morgan fingerprint density at radius 1 is 1.07 bits per heavy atom. The zero-order chi connectivity index (χ0) is 19.1. The second kappa shape index (κ2) is 9.59. The Kier molecular flexibility index (Phi) is 6.92. The number of rotatable bonds is 6. The van der Waals surface area contributed by atoms with E-state index in [4.69, 9.17) is 0 Å². The molecule has 1 amide bonds. The SMILES string of the molecule is Cc1ccccc1CSCC(=O)N1CCN(C(C#N)c2ccccc2)CC1. The molecule has 1 atom stereocenters. The second-order valence-electron chi connectivity index (χ2n) is 6.78. The third-order valence-corrected chi connectivity index (χ3v) is 5.98. The summed E-state index contributed by atoms with van der Waals surface area (Å²) in [6.07, 6.45) is 0. The van der Waals surface area contributed by atoms with Gasteiger partial charge >= 0.3 is 0 Å². The van der Waals surface area contributed by atoms with E-state index in [-0.39, 0.29) is 11.9 Å². The van der Waals surface area contributed by atoms with Gasteiger partial charge in [0.05, 0.1) is 11.8 Å². The van der Waals surface area contributed by atoms with E-state index in [2.05, 4.69) is 30.0 Å². The molecule has 4 nitrogen and oxygen atoms in total. The van der Waals surface area contributed by atoms with Crippen molar-refractivity contribution < 1.29 is 4.79 Å². The first-order valence-corrected chi connectivity index (χ1v) is 10.4. The largest absolute Gasteiger partial charge is 0.339 e. The highest BCUT2D eigenvalue weighted by molar-refractivity contribution is 7.99. The topological polar surface area (TPSA) is 47.3 Å². The summed E-state index contributed by atoms with van der Waals surface area (Å²) in [6.45, 7) is 4.96. The number of hydrogen-bond donors (Lipinski definition) is 0. The highest BCUT2D eigenvalue weighted by Gasteiger charge is 2.26. The van der Waals surface area contributed by atoms with Crippen molar-refractivity contribution in [1.82, 2.24) is 9.80 Å². The number of aryl methyl sites for hydroxylation is 1. The number of nitrogens with zero attached hydrogens (tertiary/aromatic N) is 3. The predicted molar refractivity (Wildman–Crippen MR) is 110 cm³/mol. The Labute approximate surface area is 165 Å². The van der Waals surface area contributed by atoms with Crippen LogP contribution in [0.25, 0.3) is 0 Å². The van der Waals surface area contributed by atoms with Gasteiger partial charge in [0.2, 0.25) is 5.91 Å². The van der Waals surface area contributed by atoms with Crippen molar-refractivity contribution in [2.24, 2.45) is 0 Å². The lowest BCUT2D eigenvalue weighted by molar-refractivity contribution is -0.130. The third kappa shape index (κ3) is 5.12. The van der Waals surface area contributed by atoms with Crippen LogP contribution < -0.4 is 0 Å². The van der Waals surface area contributed by atoms with Crippen molar-refractivity contribution in [3.63, 3.8) is 0 Å². The lowest BCUT2D eigenvalue weighted by Gasteiger charge is -2.37. The smallest absolute Gasteiger partial charge is 0.232 e. The van der Waals surface area contributed by atoms with E-state index in [0.717, 1.165) is 24.4 Å². The standard InChI is InChI=1S/C22H25N3OS/c1-18-7-5-6-10-20(18)16-27-17-22(26)25-13-11-24(12-14-25)21(15-23)19-8-3-2-4-9-19/h2-10,21H,11-14,16-17H2,1H3. The van der Waals surface area contributed by atoms with Gasteiger partial charge in [-0.2, -0.15) is 5.26 Å². The molecular weight excluding hydrogens is 354 g/mol. The first-order valence-electron chi connectivity index (χ1n) is 9.27. The van der Waals surface area contributed by atoms with E-state index in [9.17, 15) is 10.1 Å². The first-order chi connectivity index (χ1) is 13.2. The van der Waals surface area contributed by atoms with Crippen LogP contribution in [0.4, 0.5) is 0 Å². The average molecular weight is 380 g/mol. The summed E-state index contributed by atoms with van der Waals surface area (Å²) in [4.78, 5) is 16.6. The van der Waals surface area contributed by atoms with Crippen LogP contribution in [0.2, 0.25) is 0 Å². The van der Waals surface area contributed by atoms with Crippen molar-refractivity contribution in [3.8, 4) is 6.07 Å². The van der Waals surface area contributed by atoms with Gasteiger partial charge in [0, 0.05) is 31.9 Å². The van der Waals surface area contributed by atoms with Crippen molar-refractivity contribution in [1.29, 1.82) is 5.26 Å². The molecule has 1 unspecified atom stereocenters. The molecule has 1 saturated heterocycles. The van der Waals surface area contributed by atoms with Crippen LogP contribution in [0.15, 0.2) is 54.6 Å². The maximum atomic E-state index is 12.5. The number of thioether (sulfide) groups is 1. The number of nitriles is 1. The van der Waals surface area contributed by atoms with Gasteiger partial charge in [-0.3, -0.25) is 9.69 Å². The van der Waals surface area contributed by atoms with Crippen LogP contribution in [0.5, 0.6) is 0 Å². The molecule has 3 rings (SSSR count). The fourth-order valence-corrected chi connectivity index (χ4v) is 4.35. The van der Waals surface area contributed by atoms with E-state index in [1.54, 1.807) is 11.8 Å². The molecule has 0 spiro atoms. The molecule has 0 aliphatic carbocycles. The number of hydrogen-bond acceptors (Lipinski definition) is 4. The lowest BCUT2D eigenvalue weighted by atomic mass is 10.1. The minimum atomic E-state index is -0.237. The summed E-state index contributed by atoms with van der Waals surface area (Å²) < 4.78 is 0. The molecule has 1 aliphatic heterocycles. The zero-order valence-corrected chi connectivity index (χ0v) is 16.5. The fourth-order valence-electron chi connectivity index (χ4n) is 3.34. The second-order valence-corrected chi connectivity index (χ2v) is 7.76. The number of amides is 1. The highest BCUT2D eigenvalue weighted by Crippen LogP contribution is 2.22. The van der Waals surface area contributed by atoms with Crippen molar-refractivity contribution in [3.05, 3.63) is 71.3 Å². The van der Waals surface area contributed by atoms with Crippen LogP contribution >= 0.6 is 11.8 Å². The third-order valence-electron chi connectivity index (χ3n) is 5.01. The van der Waals surface area contributed by atoms with Gasteiger partial charge in [-0.1, -0.05) is 54.6 Å². The van der Waals surface area contributed by atoms with Crippen molar-refractivity contribution in [2.45, 2.75) is 18.7 Å². The Bertz CT molecular complexity index is 795. The van der Waals surface area contributed by atoms with Crippen LogP contribution in [0, 0.1) is 18.3 Å². The van der Waals surface area contributed by atoms with Crippen LogP contribution in [0.3, 0.4) is 0 Å². The Morgan fingerprint density at radius 2 is 1.74 bits per heavy atom. The van der Waals surface area contributed by atoms with Gasteiger partial charge in [0.1, 0.15) is 6.04 Å². The van der Waals surface area contributed by atoms with E-state index in [1.807, 2.05) is 47.4 Å². The number of carbonyl (C=O) groups is 1. The van der Waals surface area contributed by atoms with E-state index >= 15 is 0 Å². The fraction of sp³-hybridized carbons (Fsp3) is 0.364. The summed E-state index contributed by atoms with van der Waals surface area (Å²) in [6, 6.07) is 20.4. The minimum absolute atomic E-state index is 0.196. The molecule has 5 heteroatoms. The summed E-state index contributed by atoms with van der Waals surface area (Å²) in [5.74, 6) is 1.57.